The van der Waals surface area contributed by atoms with Crippen molar-refractivity contribution in [1.29, 1.82) is 0 Å². The number of fused-ring (bicyclic) bond motifs is 1. The fourth-order valence-corrected chi connectivity index (χ4v) is 5.03. The summed E-state index contributed by atoms with van der Waals surface area (Å²) in [6.45, 7) is 2.17. The van der Waals surface area contributed by atoms with Crippen LogP contribution in [0.3, 0.4) is 0 Å². The Kier molecular flexibility index (Phi) is 4.28. The van der Waals surface area contributed by atoms with Crippen LogP contribution in [0, 0.1) is 12.8 Å². The quantitative estimate of drug-likeness (QED) is 0.664. The Labute approximate surface area is 161 Å². The average Bonchev–Trinajstić information content (AvgIpc) is 3.43. The Hall–Kier alpha value is -2.13. The van der Waals surface area contributed by atoms with E-state index < -0.39 is 0 Å². The van der Waals surface area contributed by atoms with Crippen LogP contribution in [0.1, 0.15) is 78.7 Å². The zero-order chi connectivity index (χ0) is 18.4. The molecule has 0 saturated heterocycles. The zero-order valence-electron chi connectivity index (χ0n) is 16.0. The summed E-state index contributed by atoms with van der Waals surface area (Å²) in [6, 6.07) is 11.2. The van der Waals surface area contributed by atoms with Gasteiger partial charge in [-0.05, 0) is 80.4 Å². The molecule has 1 atom stereocenters. The fourth-order valence-electron chi connectivity index (χ4n) is 5.03. The summed E-state index contributed by atoms with van der Waals surface area (Å²) in [5.74, 6) is 1.63. The van der Waals surface area contributed by atoms with Crippen LogP contribution >= 0.6 is 0 Å². The van der Waals surface area contributed by atoms with Crippen molar-refractivity contribution in [2.75, 3.05) is 0 Å². The highest BCUT2D eigenvalue weighted by atomic mass is 16.3. The van der Waals surface area contributed by atoms with E-state index in [0.717, 1.165) is 23.9 Å². The Morgan fingerprint density at radius 3 is 2.56 bits per heavy atom. The van der Waals surface area contributed by atoms with Crippen LogP contribution in [-0.4, -0.2) is 14.5 Å². The van der Waals surface area contributed by atoms with E-state index in [2.05, 4.69) is 52.8 Å². The summed E-state index contributed by atoms with van der Waals surface area (Å²) in [5.41, 5.74) is 6.41. The van der Waals surface area contributed by atoms with Gasteiger partial charge in [0.05, 0.1) is 24.1 Å². The van der Waals surface area contributed by atoms with Crippen molar-refractivity contribution in [2.45, 2.75) is 63.4 Å². The predicted molar refractivity (Wildman–Crippen MR) is 108 cm³/mol. The minimum atomic E-state index is -0.376. The van der Waals surface area contributed by atoms with Gasteiger partial charge < -0.3 is 9.51 Å². The first-order valence-electron chi connectivity index (χ1n) is 10.4. The molecule has 0 unspecified atom stereocenters. The molecule has 27 heavy (non-hydrogen) atoms. The van der Waals surface area contributed by atoms with Gasteiger partial charge in [0.2, 0.25) is 0 Å². The van der Waals surface area contributed by atoms with Crippen molar-refractivity contribution in [1.82, 2.24) is 9.38 Å². The van der Waals surface area contributed by atoms with Crippen LogP contribution in [0.25, 0.3) is 5.52 Å². The molecule has 2 fully saturated rings. The second-order valence-corrected chi connectivity index (χ2v) is 8.62. The molecule has 1 aromatic carbocycles. The minimum Gasteiger partial charge on any atom is -0.388 e. The fraction of sp³-hybridized carbons (Fsp3) is 0.458. The second kappa shape index (κ2) is 6.79. The number of benzene rings is 1. The Balaban J connectivity index is 1.38. The van der Waals surface area contributed by atoms with E-state index in [0.29, 0.717) is 17.8 Å². The second-order valence-electron chi connectivity index (χ2n) is 8.62. The molecule has 3 nitrogen and oxygen atoms in total. The third kappa shape index (κ3) is 3.19. The maximum Gasteiger partial charge on any atom is 0.0992 e. The SMILES string of the molecule is Cc1cccc([C@H]2CC[C@H]([C@@H](O)c3c(C4CC4)ccn4cncc34)CC2)c1. The van der Waals surface area contributed by atoms with E-state index in [1.807, 2.05) is 12.5 Å². The third-order valence-corrected chi connectivity index (χ3v) is 6.71. The number of nitrogens with zero attached hydrogens (tertiary/aromatic N) is 2. The molecule has 3 heteroatoms. The van der Waals surface area contributed by atoms with Crippen LogP contribution in [-0.2, 0) is 0 Å². The van der Waals surface area contributed by atoms with Crippen LogP contribution in [0.5, 0.6) is 0 Å². The maximum atomic E-state index is 11.4. The molecule has 140 valence electrons. The monoisotopic (exact) mass is 360 g/mol. The lowest BCUT2D eigenvalue weighted by Crippen LogP contribution is -2.21. The summed E-state index contributed by atoms with van der Waals surface area (Å²) < 4.78 is 2.06. The Bertz CT molecular complexity index is 948. The number of aliphatic hydroxyl groups is 1. The van der Waals surface area contributed by atoms with Gasteiger partial charge in [0.15, 0.2) is 0 Å². The molecule has 0 spiro atoms. The van der Waals surface area contributed by atoms with Gasteiger partial charge in [-0.25, -0.2) is 4.98 Å². The van der Waals surface area contributed by atoms with Crippen molar-refractivity contribution in [2.24, 2.45) is 5.92 Å². The van der Waals surface area contributed by atoms with Crippen LogP contribution < -0.4 is 0 Å². The van der Waals surface area contributed by atoms with E-state index in [1.165, 1.54) is 42.4 Å². The molecular weight excluding hydrogens is 332 g/mol. The van der Waals surface area contributed by atoms with Gasteiger partial charge in [-0.3, -0.25) is 0 Å². The van der Waals surface area contributed by atoms with Crippen molar-refractivity contribution in [3.05, 3.63) is 71.3 Å². The van der Waals surface area contributed by atoms with Gasteiger partial charge in [-0.1, -0.05) is 29.8 Å². The van der Waals surface area contributed by atoms with E-state index >= 15 is 0 Å². The molecule has 2 saturated carbocycles. The molecule has 0 bridgehead atoms. The van der Waals surface area contributed by atoms with E-state index in [9.17, 15) is 5.11 Å². The van der Waals surface area contributed by atoms with Crippen molar-refractivity contribution in [3.63, 3.8) is 0 Å². The van der Waals surface area contributed by atoms with E-state index in [1.54, 1.807) is 0 Å². The first-order chi connectivity index (χ1) is 13.2. The minimum absolute atomic E-state index is 0.352. The number of aromatic nitrogens is 2. The summed E-state index contributed by atoms with van der Waals surface area (Å²) >= 11 is 0. The van der Waals surface area contributed by atoms with Gasteiger partial charge in [-0.2, -0.15) is 0 Å². The molecule has 5 rings (SSSR count). The summed E-state index contributed by atoms with van der Waals surface area (Å²) in [4.78, 5) is 4.32. The van der Waals surface area contributed by atoms with Crippen LogP contribution in [0.15, 0.2) is 49.1 Å². The van der Waals surface area contributed by atoms with Crippen LogP contribution in [0.4, 0.5) is 0 Å². The maximum absolute atomic E-state index is 11.4. The highest BCUT2D eigenvalue weighted by molar-refractivity contribution is 5.59. The van der Waals surface area contributed by atoms with Crippen molar-refractivity contribution >= 4 is 5.52 Å². The number of hydrogen-bond acceptors (Lipinski definition) is 2. The summed E-state index contributed by atoms with van der Waals surface area (Å²) in [6.07, 6.45) is 12.5. The smallest absolute Gasteiger partial charge is 0.0992 e. The average molecular weight is 361 g/mol. The number of hydrogen-bond donors (Lipinski definition) is 1. The Morgan fingerprint density at radius 2 is 1.81 bits per heavy atom. The van der Waals surface area contributed by atoms with Crippen LogP contribution in [0.2, 0.25) is 0 Å². The molecular formula is C24H28N2O. The first kappa shape index (κ1) is 17.0. The highest BCUT2D eigenvalue weighted by Gasteiger charge is 2.34. The lowest BCUT2D eigenvalue weighted by Gasteiger charge is -2.33. The summed E-state index contributed by atoms with van der Waals surface area (Å²) in [7, 11) is 0. The molecule has 0 amide bonds. The molecule has 3 aromatic rings. The van der Waals surface area contributed by atoms with Gasteiger partial charge in [0.1, 0.15) is 0 Å². The standard InChI is InChI=1S/C24H28N2O/c1-16-3-2-4-20(13-16)17-5-9-19(10-6-17)24(27)23-21(18-7-8-18)11-12-26-15-25-14-22(23)26/h2-4,11-15,17-19,24,27H,5-10H2,1H3/t17-,19-,24-/m1/s1. The number of imidazole rings is 1. The van der Waals surface area contributed by atoms with E-state index in [-0.39, 0.29) is 6.10 Å². The molecule has 2 heterocycles. The third-order valence-electron chi connectivity index (χ3n) is 6.71. The lowest BCUT2D eigenvalue weighted by atomic mass is 9.74. The lowest BCUT2D eigenvalue weighted by molar-refractivity contribution is 0.0810. The van der Waals surface area contributed by atoms with Gasteiger partial charge in [-0.15, -0.1) is 0 Å². The van der Waals surface area contributed by atoms with Crippen molar-refractivity contribution in [3.8, 4) is 0 Å². The largest absolute Gasteiger partial charge is 0.388 e. The van der Waals surface area contributed by atoms with Gasteiger partial charge in [0, 0.05) is 11.8 Å². The Morgan fingerprint density at radius 1 is 1.04 bits per heavy atom. The van der Waals surface area contributed by atoms with Gasteiger partial charge in [0.25, 0.3) is 0 Å². The number of aliphatic hydroxyl groups excluding tert-OH is 1. The molecule has 1 N–H and O–H groups in total. The summed E-state index contributed by atoms with van der Waals surface area (Å²) in [5, 5.41) is 11.4. The molecule has 0 aliphatic heterocycles. The first-order valence-corrected chi connectivity index (χ1v) is 10.4. The molecule has 2 aliphatic rings. The number of aryl methyl sites for hydroxylation is 1. The van der Waals surface area contributed by atoms with E-state index in [4.69, 9.17) is 0 Å². The highest BCUT2D eigenvalue weighted by Crippen LogP contribution is 2.47. The van der Waals surface area contributed by atoms with Gasteiger partial charge >= 0.3 is 0 Å². The number of pyridine rings is 1. The zero-order valence-corrected chi connectivity index (χ0v) is 16.0. The van der Waals surface area contributed by atoms with Crippen molar-refractivity contribution < 1.29 is 5.11 Å². The topological polar surface area (TPSA) is 37.5 Å². The molecule has 2 aliphatic carbocycles. The molecule has 2 aromatic heterocycles. The predicted octanol–water partition coefficient (Wildman–Crippen LogP) is 5.53. The molecule has 0 radical (unpaired) electrons. The number of rotatable bonds is 4. The normalized spacial score (nSPS) is 24.2.